The first-order chi connectivity index (χ1) is 8.40. The lowest BCUT2D eigenvalue weighted by molar-refractivity contribution is 0.480. The van der Waals surface area contributed by atoms with Crippen molar-refractivity contribution in [1.82, 2.24) is 0 Å². The van der Waals surface area contributed by atoms with Gasteiger partial charge < -0.3 is 0 Å². The molecule has 0 bridgehead atoms. The van der Waals surface area contributed by atoms with Crippen LogP contribution in [-0.2, 0) is 0 Å². The van der Waals surface area contributed by atoms with Gasteiger partial charge in [0.2, 0.25) is 0 Å². The Labute approximate surface area is 117 Å². The summed E-state index contributed by atoms with van der Waals surface area (Å²) in [4.78, 5) is 0. The Balaban J connectivity index is -0.000000225. The lowest BCUT2D eigenvalue weighted by atomic mass is 10.0. The first-order valence-corrected chi connectivity index (χ1v) is 7.34. The van der Waals surface area contributed by atoms with Crippen LogP contribution in [0.5, 0.6) is 0 Å². The van der Waals surface area contributed by atoms with Crippen LogP contribution in [-0.4, -0.2) is 0 Å². The van der Waals surface area contributed by atoms with Crippen molar-refractivity contribution in [1.29, 1.82) is 0 Å². The first-order valence-electron chi connectivity index (χ1n) is 7.34. The fraction of sp³-hybridized carbons (Fsp3) is 0.667. The third kappa shape index (κ3) is 36.2. The second kappa shape index (κ2) is 18.6. The third-order valence-corrected chi connectivity index (χ3v) is 2.08. The standard InChI is InChI=1S/C9H20.C7H10.C2H6/c1-8(2)6-5-7-9(3)4;1-4-5-6-7(2)3;1-2/h8-9H,5-7H2,1-4H3;4-6H,1-2H2,3H3;1-2H3/b;6-5-;. The van der Waals surface area contributed by atoms with Gasteiger partial charge in [0.15, 0.2) is 0 Å². The molecule has 0 unspecified atom stereocenters. The van der Waals surface area contributed by atoms with Gasteiger partial charge in [0.05, 0.1) is 0 Å². The van der Waals surface area contributed by atoms with Gasteiger partial charge in [-0.15, -0.1) is 0 Å². The van der Waals surface area contributed by atoms with Crippen LogP contribution in [0.1, 0.15) is 67.7 Å². The van der Waals surface area contributed by atoms with Crippen LogP contribution in [0.25, 0.3) is 0 Å². The minimum absolute atomic E-state index is 0.892. The zero-order valence-electron chi connectivity index (χ0n) is 13.9. The van der Waals surface area contributed by atoms with Gasteiger partial charge in [0, 0.05) is 0 Å². The van der Waals surface area contributed by atoms with E-state index >= 15 is 0 Å². The maximum Gasteiger partial charge on any atom is -0.0404 e. The summed E-state index contributed by atoms with van der Waals surface area (Å²) >= 11 is 0. The molecule has 0 N–H and O–H groups in total. The maximum absolute atomic E-state index is 3.66. The fourth-order valence-corrected chi connectivity index (χ4v) is 1.17. The quantitative estimate of drug-likeness (QED) is 0.456. The molecule has 0 aliphatic carbocycles. The van der Waals surface area contributed by atoms with E-state index in [0.29, 0.717) is 0 Å². The molecule has 0 heteroatoms. The molecule has 0 saturated carbocycles. The molecule has 0 fully saturated rings. The van der Waals surface area contributed by atoms with E-state index in [-0.39, 0.29) is 0 Å². The Kier molecular flexibility index (Phi) is 23.1. The highest BCUT2D eigenvalue weighted by Crippen LogP contribution is 2.10. The normalized spacial score (nSPS) is 9.61. The maximum atomic E-state index is 3.66. The van der Waals surface area contributed by atoms with Gasteiger partial charge in [-0.25, -0.2) is 0 Å². The zero-order chi connectivity index (χ0) is 15.0. The van der Waals surface area contributed by atoms with E-state index in [4.69, 9.17) is 0 Å². The summed E-state index contributed by atoms with van der Waals surface area (Å²) in [6.07, 6.45) is 9.72. The summed E-state index contributed by atoms with van der Waals surface area (Å²) in [7, 11) is 0. The minimum atomic E-state index is 0.892. The van der Waals surface area contributed by atoms with E-state index in [1.165, 1.54) is 19.3 Å². The largest absolute Gasteiger partial charge is 0.0991 e. The predicted molar refractivity (Wildman–Crippen MR) is 89.0 cm³/mol. The summed E-state index contributed by atoms with van der Waals surface area (Å²) < 4.78 is 0. The molecule has 0 saturated heterocycles. The SMILES string of the molecule is C=C/C=C\C(=C)C.CC.CC(C)CCCC(C)C. The minimum Gasteiger partial charge on any atom is -0.0991 e. The summed E-state index contributed by atoms with van der Waals surface area (Å²) in [5.74, 6) is 1.78. The molecule has 18 heavy (non-hydrogen) atoms. The average molecular weight is 252 g/mol. The highest BCUT2D eigenvalue weighted by atomic mass is 14.0. The fourth-order valence-electron chi connectivity index (χ4n) is 1.17. The molecule has 0 amide bonds. The van der Waals surface area contributed by atoms with Crippen LogP contribution < -0.4 is 0 Å². The van der Waals surface area contributed by atoms with Crippen molar-refractivity contribution in [2.24, 2.45) is 11.8 Å². The van der Waals surface area contributed by atoms with Crippen molar-refractivity contribution in [3.63, 3.8) is 0 Å². The highest BCUT2D eigenvalue weighted by molar-refractivity contribution is 5.15. The second-order valence-corrected chi connectivity index (χ2v) is 5.16. The summed E-state index contributed by atoms with van der Waals surface area (Å²) in [5, 5.41) is 0. The van der Waals surface area contributed by atoms with Gasteiger partial charge in [-0.05, 0) is 18.8 Å². The molecular formula is C18H36. The van der Waals surface area contributed by atoms with Gasteiger partial charge >= 0.3 is 0 Å². The monoisotopic (exact) mass is 252 g/mol. The van der Waals surface area contributed by atoms with Crippen LogP contribution in [0.15, 0.2) is 37.0 Å². The van der Waals surface area contributed by atoms with Crippen molar-refractivity contribution in [3.8, 4) is 0 Å². The number of hydrogen-bond acceptors (Lipinski definition) is 0. The Bertz CT molecular complexity index is 186. The topological polar surface area (TPSA) is 0 Å². The third-order valence-electron chi connectivity index (χ3n) is 2.08. The Morgan fingerprint density at radius 2 is 1.39 bits per heavy atom. The smallest absolute Gasteiger partial charge is 0.0404 e. The zero-order valence-corrected chi connectivity index (χ0v) is 13.9. The summed E-state index contributed by atoms with van der Waals surface area (Å²) in [6, 6.07) is 0. The van der Waals surface area contributed by atoms with Crippen molar-refractivity contribution in [2.45, 2.75) is 67.7 Å². The van der Waals surface area contributed by atoms with E-state index in [9.17, 15) is 0 Å². The Hall–Kier alpha value is -0.780. The molecule has 0 atom stereocenters. The lowest BCUT2D eigenvalue weighted by Gasteiger charge is -2.05. The molecule has 0 aliphatic heterocycles. The number of hydrogen-bond donors (Lipinski definition) is 0. The molecule has 0 aromatic carbocycles. The highest BCUT2D eigenvalue weighted by Gasteiger charge is 1.95. The van der Waals surface area contributed by atoms with Gasteiger partial charge in [-0.1, -0.05) is 97.8 Å². The lowest BCUT2D eigenvalue weighted by Crippen LogP contribution is -1.90. The van der Waals surface area contributed by atoms with Gasteiger partial charge in [-0.2, -0.15) is 0 Å². The average Bonchev–Trinajstić information content (AvgIpc) is 2.29. The van der Waals surface area contributed by atoms with Crippen molar-refractivity contribution < 1.29 is 0 Å². The van der Waals surface area contributed by atoms with Crippen LogP contribution in [0.4, 0.5) is 0 Å². The Morgan fingerprint density at radius 1 is 1.00 bits per heavy atom. The van der Waals surface area contributed by atoms with E-state index in [1.54, 1.807) is 6.08 Å². The van der Waals surface area contributed by atoms with Gasteiger partial charge in [0.25, 0.3) is 0 Å². The van der Waals surface area contributed by atoms with E-state index in [1.807, 2.05) is 32.9 Å². The molecule has 108 valence electrons. The molecule has 0 spiro atoms. The summed E-state index contributed by atoms with van der Waals surface area (Å²) in [5.41, 5.74) is 1.06. The molecule has 0 nitrogen and oxygen atoms in total. The van der Waals surface area contributed by atoms with Crippen molar-refractivity contribution >= 4 is 0 Å². The molecule has 0 rings (SSSR count). The number of rotatable bonds is 6. The molecule has 0 aromatic heterocycles. The number of allylic oxidation sites excluding steroid dienone is 4. The van der Waals surface area contributed by atoms with Crippen LogP contribution in [0, 0.1) is 11.8 Å². The molecule has 0 radical (unpaired) electrons. The summed E-state index contributed by atoms with van der Waals surface area (Å²) in [6.45, 7) is 22.3. The Morgan fingerprint density at radius 3 is 1.56 bits per heavy atom. The van der Waals surface area contributed by atoms with E-state index in [2.05, 4.69) is 40.9 Å². The van der Waals surface area contributed by atoms with E-state index < -0.39 is 0 Å². The van der Waals surface area contributed by atoms with E-state index in [0.717, 1.165) is 17.4 Å². The molecule has 0 aromatic rings. The van der Waals surface area contributed by atoms with Crippen LogP contribution in [0.2, 0.25) is 0 Å². The van der Waals surface area contributed by atoms with Crippen molar-refractivity contribution in [2.75, 3.05) is 0 Å². The molecule has 0 aliphatic rings. The molecular weight excluding hydrogens is 216 g/mol. The predicted octanol–water partition coefficient (Wildman–Crippen LogP) is 6.80. The van der Waals surface area contributed by atoms with Crippen LogP contribution >= 0.6 is 0 Å². The first kappa shape index (κ1) is 22.4. The van der Waals surface area contributed by atoms with Crippen LogP contribution in [0.3, 0.4) is 0 Å². The van der Waals surface area contributed by atoms with Gasteiger partial charge in [0.1, 0.15) is 0 Å². The van der Waals surface area contributed by atoms with Gasteiger partial charge in [-0.3, -0.25) is 0 Å². The second-order valence-electron chi connectivity index (χ2n) is 5.16. The molecule has 0 heterocycles. The van der Waals surface area contributed by atoms with Crippen molar-refractivity contribution in [3.05, 3.63) is 37.0 Å².